The molecule has 1 saturated heterocycles. The molecule has 3 atom stereocenters. The maximum atomic E-state index is 15.4. The van der Waals surface area contributed by atoms with Crippen molar-refractivity contribution in [2.45, 2.75) is 45.2 Å². The Kier molecular flexibility index (Phi) is 6.85. The number of nitrogens with one attached hydrogen (secondary N) is 1. The van der Waals surface area contributed by atoms with E-state index in [2.05, 4.69) is 34.2 Å². The van der Waals surface area contributed by atoms with E-state index in [0.29, 0.717) is 30.0 Å². The van der Waals surface area contributed by atoms with Gasteiger partial charge in [-0.05, 0) is 44.9 Å². The number of aryl methyl sites for hydroxylation is 1. The molecule has 1 unspecified atom stereocenters. The zero-order valence-corrected chi connectivity index (χ0v) is 21.9. The molecule has 9 nitrogen and oxygen atoms in total. The highest BCUT2D eigenvalue weighted by Crippen LogP contribution is 2.41. The minimum absolute atomic E-state index is 0.0843. The van der Waals surface area contributed by atoms with Crippen molar-refractivity contribution in [2.75, 3.05) is 13.1 Å². The molecule has 1 aromatic heterocycles. The maximum absolute atomic E-state index is 15.4. The number of nitrogens with two attached hydrogens (primary N) is 1. The fourth-order valence-electron chi connectivity index (χ4n) is 5.74. The van der Waals surface area contributed by atoms with Crippen molar-refractivity contribution < 1.29 is 14.0 Å². The lowest BCUT2D eigenvalue weighted by Crippen LogP contribution is -2.51. The van der Waals surface area contributed by atoms with Crippen LogP contribution in [0.4, 0.5) is 10.1 Å². The average molecular weight is 519 g/mol. The predicted octanol–water partition coefficient (Wildman–Crippen LogP) is 3.21. The first-order valence-electron chi connectivity index (χ1n) is 12.9. The molecule has 2 aromatic rings. The van der Waals surface area contributed by atoms with Crippen LogP contribution in [0.2, 0.25) is 0 Å². The molecule has 38 heavy (non-hydrogen) atoms. The Morgan fingerprint density at radius 2 is 1.97 bits per heavy atom. The number of quaternary nitrogens is 1. The smallest absolute Gasteiger partial charge is 0.305 e. The number of fused-ring (bicyclic) bond motifs is 1. The summed E-state index contributed by atoms with van der Waals surface area (Å²) in [5.74, 6) is -1.23. The molecule has 1 fully saturated rings. The minimum Gasteiger partial charge on any atom is -0.361 e. The molecule has 3 N–H and O–H groups in total. The number of carbonyl (C=O) groups is 2. The summed E-state index contributed by atoms with van der Waals surface area (Å²) in [6.07, 6.45) is 11.8. The van der Waals surface area contributed by atoms with E-state index in [1.54, 1.807) is 29.2 Å². The van der Waals surface area contributed by atoms with Gasteiger partial charge < -0.3 is 11.1 Å². The lowest BCUT2D eigenvalue weighted by Gasteiger charge is -2.39. The molecular formula is C28H33FN7O2+. The monoisotopic (exact) mass is 518 g/mol. The standard InChI is InChI=1S/C28H32FN7O2/c1-18-5-4-6-19(2)35(18)13-12-31-28(38)21-7-8-22(29)24(15-21)36-14-10-20(23-9-11-33-34(23)3)16-26(36)32-17-25(36)27(30)37/h7-11,14-19H,4-6,12-13H2,1-3H3,(H2-,30,31,37,38)/p+1/t18-,19+,36?. The lowest BCUT2D eigenvalue weighted by molar-refractivity contribution is -0.115. The number of piperidine rings is 1. The first-order valence-corrected chi connectivity index (χ1v) is 12.9. The van der Waals surface area contributed by atoms with Gasteiger partial charge in [-0.3, -0.25) is 19.2 Å². The molecule has 0 radical (unpaired) electrons. The Morgan fingerprint density at radius 1 is 1.21 bits per heavy atom. The van der Waals surface area contributed by atoms with Crippen LogP contribution in [0.1, 0.15) is 49.2 Å². The van der Waals surface area contributed by atoms with Crippen molar-refractivity contribution in [3.63, 3.8) is 0 Å². The summed E-state index contributed by atoms with van der Waals surface area (Å²) < 4.78 is 16.7. The lowest BCUT2D eigenvalue weighted by atomic mass is 9.98. The van der Waals surface area contributed by atoms with Crippen LogP contribution in [0.15, 0.2) is 65.7 Å². The Balaban J connectivity index is 1.42. The van der Waals surface area contributed by atoms with Crippen LogP contribution in [-0.4, -0.2) is 57.5 Å². The molecule has 0 spiro atoms. The summed E-state index contributed by atoms with van der Waals surface area (Å²) in [6, 6.07) is 6.97. The van der Waals surface area contributed by atoms with Crippen molar-refractivity contribution in [3.8, 4) is 0 Å². The zero-order chi connectivity index (χ0) is 27.0. The Labute approximate surface area is 221 Å². The van der Waals surface area contributed by atoms with Crippen molar-refractivity contribution in [2.24, 2.45) is 17.8 Å². The number of aliphatic imine (C=N–C) groups is 1. The molecule has 4 heterocycles. The number of likely N-dealkylation sites (tertiary alicyclic amines) is 1. The van der Waals surface area contributed by atoms with Gasteiger partial charge in [0.2, 0.25) is 11.5 Å². The van der Waals surface area contributed by atoms with E-state index in [0.717, 1.165) is 30.7 Å². The van der Waals surface area contributed by atoms with Gasteiger partial charge >= 0.3 is 5.91 Å². The van der Waals surface area contributed by atoms with E-state index >= 15 is 4.39 Å². The predicted molar refractivity (Wildman–Crippen MR) is 145 cm³/mol. The van der Waals surface area contributed by atoms with Crippen LogP contribution in [0.5, 0.6) is 0 Å². The quantitative estimate of drug-likeness (QED) is 0.549. The third-order valence-electron chi connectivity index (χ3n) is 7.81. The summed E-state index contributed by atoms with van der Waals surface area (Å²) in [5, 5.41) is 7.18. The molecular weight excluding hydrogens is 485 g/mol. The van der Waals surface area contributed by atoms with Gasteiger partial charge in [0.1, 0.15) is 12.4 Å². The fourth-order valence-corrected chi connectivity index (χ4v) is 5.74. The number of benzene rings is 1. The molecule has 198 valence electrons. The maximum Gasteiger partial charge on any atom is 0.305 e. The van der Waals surface area contributed by atoms with Crippen molar-refractivity contribution in [1.82, 2.24) is 24.5 Å². The number of hydrogen-bond acceptors (Lipinski definition) is 5. The molecule has 0 bridgehead atoms. The van der Waals surface area contributed by atoms with E-state index < -0.39 is 16.2 Å². The number of halogens is 1. The fraction of sp³-hybridized carbons (Fsp3) is 0.357. The Morgan fingerprint density at radius 3 is 2.66 bits per heavy atom. The van der Waals surface area contributed by atoms with Crippen molar-refractivity contribution >= 4 is 28.9 Å². The average Bonchev–Trinajstić information content (AvgIpc) is 3.49. The van der Waals surface area contributed by atoms with E-state index in [-0.39, 0.29) is 17.3 Å². The number of aromatic nitrogens is 2. The number of nitrogens with zero attached hydrogens (tertiary/aromatic N) is 5. The van der Waals surface area contributed by atoms with Crippen molar-refractivity contribution in [3.05, 3.63) is 77.8 Å². The van der Waals surface area contributed by atoms with Crippen LogP contribution in [0.25, 0.3) is 5.57 Å². The number of allylic oxidation sites excluding steroid dienone is 2. The second-order valence-electron chi connectivity index (χ2n) is 10.1. The second kappa shape index (κ2) is 10.1. The molecule has 0 saturated carbocycles. The zero-order valence-electron chi connectivity index (χ0n) is 21.9. The molecule has 2 amide bonds. The second-order valence-corrected chi connectivity index (χ2v) is 10.1. The van der Waals surface area contributed by atoms with Crippen LogP contribution < -0.4 is 15.5 Å². The number of primary amides is 1. The minimum atomic E-state index is -0.732. The highest BCUT2D eigenvalue weighted by atomic mass is 19.1. The number of amidine groups is 1. The summed E-state index contributed by atoms with van der Waals surface area (Å²) >= 11 is 0. The van der Waals surface area contributed by atoms with Crippen molar-refractivity contribution in [1.29, 1.82) is 0 Å². The largest absolute Gasteiger partial charge is 0.361 e. The number of amides is 2. The third kappa shape index (κ3) is 4.39. The topological polar surface area (TPSA) is 106 Å². The van der Waals surface area contributed by atoms with Gasteiger partial charge in [-0.15, -0.1) is 0 Å². The van der Waals surface area contributed by atoms with Gasteiger partial charge in [0.15, 0.2) is 11.5 Å². The number of carbonyl (C=O) groups excluding carboxylic acids is 2. The van der Waals surface area contributed by atoms with Crippen LogP contribution in [-0.2, 0) is 11.8 Å². The summed E-state index contributed by atoms with van der Waals surface area (Å²) in [7, 11) is 1.82. The number of hydrogen-bond donors (Lipinski definition) is 2. The van der Waals surface area contributed by atoms with Gasteiger partial charge in [0.05, 0.1) is 5.69 Å². The van der Waals surface area contributed by atoms with Gasteiger partial charge in [0.25, 0.3) is 5.91 Å². The van der Waals surface area contributed by atoms with Gasteiger partial charge in [0, 0.05) is 67.8 Å². The number of rotatable bonds is 7. The van der Waals surface area contributed by atoms with Crippen LogP contribution in [0.3, 0.4) is 0 Å². The highest BCUT2D eigenvalue weighted by molar-refractivity contribution is 6.18. The normalized spacial score (nSPS) is 24.9. The highest BCUT2D eigenvalue weighted by Gasteiger charge is 2.49. The van der Waals surface area contributed by atoms with Crippen LogP contribution in [0, 0.1) is 5.82 Å². The molecule has 3 aliphatic heterocycles. The SMILES string of the molecule is C[C@@H]1CCC[C@H](C)N1CCNC(=O)c1ccc(F)c([N+]23C=CC(c4ccnn4C)=CC2=NC=C3C(N)=O)c1. The van der Waals surface area contributed by atoms with Gasteiger partial charge in [-0.1, -0.05) is 6.42 Å². The van der Waals surface area contributed by atoms with Gasteiger partial charge in [-0.25, -0.2) is 4.39 Å². The Bertz CT molecular complexity index is 1400. The Hall–Kier alpha value is -3.89. The van der Waals surface area contributed by atoms with E-state index in [4.69, 9.17) is 5.73 Å². The first-order chi connectivity index (χ1) is 18.2. The summed E-state index contributed by atoms with van der Waals surface area (Å²) in [6.45, 7) is 5.67. The molecule has 1 aromatic carbocycles. The first kappa shape index (κ1) is 25.7. The third-order valence-corrected chi connectivity index (χ3v) is 7.81. The van der Waals surface area contributed by atoms with E-state index in [1.165, 1.54) is 30.8 Å². The molecule has 10 heteroatoms. The molecule has 5 rings (SSSR count). The van der Waals surface area contributed by atoms with Crippen LogP contribution >= 0.6 is 0 Å². The van der Waals surface area contributed by atoms with E-state index in [9.17, 15) is 9.59 Å². The summed E-state index contributed by atoms with van der Waals surface area (Å²) in [4.78, 5) is 32.4. The summed E-state index contributed by atoms with van der Waals surface area (Å²) in [5.41, 5.74) is 7.81. The molecule has 3 aliphatic rings. The van der Waals surface area contributed by atoms with E-state index in [1.807, 2.05) is 13.1 Å². The van der Waals surface area contributed by atoms with Gasteiger partial charge in [-0.2, -0.15) is 14.6 Å². The molecule has 0 aliphatic carbocycles.